The number of hydrogen-bond acceptors (Lipinski definition) is 3. The molecule has 0 radical (unpaired) electrons. The average molecular weight is 199 g/mol. The van der Waals surface area contributed by atoms with E-state index in [2.05, 4.69) is 5.32 Å². The maximum atomic E-state index is 12.6. The summed E-state index contributed by atoms with van der Waals surface area (Å²) >= 11 is 0. The molecular weight excluding hydrogens is 185 g/mol. The molecule has 1 aromatic carbocycles. The molecule has 78 valence electrons. The molecule has 0 saturated carbocycles. The Morgan fingerprint density at radius 1 is 1.50 bits per heavy atom. The van der Waals surface area contributed by atoms with Crippen molar-refractivity contribution in [3.63, 3.8) is 0 Å². The molecule has 0 spiro atoms. The van der Waals surface area contributed by atoms with Gasteiger partial charge in [-0.1, -0.05) is 6.07 Å². The fraction of sp³-hybridized carbons (Fsp3) is 0.400. The lowest BCUT2D eigenvalue weighted by Crippen LogP contribution is -2.22. The predicted molar refractivity (Wildman–Crippen MR) is 51.6 cm³/mol. The average Bonchev–Trinajstić information content (AvgIpc) is 2.14. The first-order valence-corrected chi connectivity index (χ1v) is 4.48. The fourth-order valence-electron chi connectivity index (χ4n) is 1.27. The third-order valence-electron chi connectivity index (χ3n) is 2.02. The molecule has 0 aliphatic rings. The molecule has 0 unspecified atom stereocenters. The molecule has 3 N–H and O–H groups in total. The summed E-state index contributed by atoms with van der Waals surface area (Å²) in [4.78, 5) is 0. The number of aliphatic hydroxyl groups is 1. The van der Waals surface area contributed by atoms with E-state index in [0.717, 1.165) is 6.07 Å². The van der Waals surface area contributed by atoms with Crippen molar-refractivity contribution < 1.29 is 14.6 Å². The molecule has 0 saturated heterocycles. The van der Waals surface area contributed by atoms with Crippen LogP contribution < -0.4 is 5.32 Å². The van der Waals surface area contributed by atoms with Crippen LogP contribution in [0, 0.1) is 5.82 Å². The smallest absolute Gasteiger partial charge is 0.126 e. The van der Waals surface area contributed by atoms with Gasteiger partial charge in [-0.15, -0.1) is 0 Å². The van der Waals surface area contributed by atoms with Gasteiger partial charge in [-0.2, -0.15) is 0 Å². The lowest BCUT2D eigenvalue weighted by atomic mass is 10.1. The van der Waals surface area contributed by atoms with Crippen molar-refractivity contribution in [1.82, 2.24) is 5.32 Å². The Kier molecular flexibility index (Phi) is 3.85. The van der Waals surface area contributed by atoms with E-state index in [1.54, 1.807) is 0 Å². The van der Waals surface area contributed by atoms with Gasteiger partial charge in [0.15, 0.2) is 0 Å². The van der Waals surface area contributed by atoms with Crippen LogP contribution in [0.3, 0.4) is 0 Å². The van der Waals surface area contributed by atoms with Crippen LogP contribution in [0.5, 0.6) is 5.75 Å². The molecule has 4 heteroatoms. The first-order chi connectivity index (χ1) is 6.65. The summed E-state index contributed by atoms with van der Waals surface area (Å²) < 4.78 is 12.6. The highest BCUT2D eigenvalue weighted by molar-refractivity contribution is 5.34. The minimum Gasteiger partial charge on any atom is -0.508 e. The second-order valence-corrected chi connectivity index (χ2v) is 3.10. The normalized spacial score (nSPS) is 12.8. The molecule has 14 heavy (non-hydrogen) atoms. The molecular formula is C10H14FNO2. The zero-order valence-corrected chi connectivity index (χ0v) is 8.00. The highest BCUT2D eigenvalue weighted by Crippen LogP contribution is 2.24. The van der Waals surface area contributed by atoms with Crippen molar-refractivity contribution in [3.8, 4) is 5.75 Å². The molecule has 0 aliphatic heterocycles. The highest BCUT2D eigenvalue weighted by atomic mass is 19.1. The predicted octanol–water partition coefficient (Wildman–Crippen LogP) is 1.17. The van der Waals surface area contributed by atoms with Crippen LogP contribution >= 0.6 is 0 Å². The minimum atomic E-state index is -0.458. The van der Waals surface area contributed by atoms with Crippen molar-refractivity contribution in [2.45, 2.75) is 13.0 Å². The van der Waals surface area contributed by atoms with Gasteiger partial charge < -0.3 is 15.5 Å². The molecule has 1 atom stereocenters. The summed E-state index contributed by atoms with van der Waals surface area (Å²) in [6.45, 7) is 2.31. The summed E-state index contributed by atoms with van der Waals surface area (Å²) in [5, 5.41) is 21.0. The number of hydrogen-bond donors (Lipinski definition) is 3. The highest BCUT2D eigenvalue weighted by Gasteiger charge is 2.09. The molecule has 0 fully saturated rings. The largest absolute Gasteiger partial charge is 0.508 e. The molecule has 0 aliphatic carbocycles. The van der Waals surface area contributed by atoms with Gasteiger partial charge >= 0.3 is 0 Å². The molecule has 0 bridgehead atoms. The van der Waals surface area contributed by atoms with E-state index in [1.165, 1.54) is 12.1 Å². The Morgan fingerprint density at radius 3 is 2.79 bits per heavy atom. The first kappa shape index (κ1) is 10.9. The standard InChI is InChI=1S/C10H14FNO2/c1-7(12-4-5-13)9-3-2-8(11)6-10(9)14/h2-3,6-7,12-14H,4-5H2,1H3/t7-/m0/s1. The van der Waals surface area contributed by atoms with Crippen molar-refractivity contribution >= 4 is 0 Å². The van der Waals surface area contributed by atoms with E-state index >= 15 is 0 Å². The van der Waals surface area contributed by atoms with Crippen LogP contribution in [0.2, 0.25) is 0 Å². The van der Waals surface area contributed by atoms with Gasteiger partial charge in [0.05, 0.1) is 6.61 Å². The molecule has 0 heterocycles. The summed E-state index contributed by atoms with van der Waals surface area (Å²) in [7, 11) is 0. The second-order valence-electron chi connectivity index (χ2n) is 3.10. The third-order valence-corrected chi connectivity index (χ3v) is 2.02. The summed E-state index contributed by atoms with van der Waals surface area (Å²) in [5.74, 6) is -0.524. The van der Waals surface area contributed by atoms with E-state index in [1.807, 2.05) is 6.92 Å². The van der Waals surface area contributed by atoms with E-state index in [0.29, 0.717) is 12.1 Å². The number of benzene rings is 1. The Bertz CT molecular complexity index is 304. The maximum absolute atomic E-state index is 12.6. The van der Waals surface area contributed by atoms with Gasteiger partial charge in [-0.05, 0) is 13.0 Å². The number of aromatic hydroxyl groups is 1. The number of phenols is 1. The monoisotopic (exact) mass is 199 g/mol. The van der Waals surface area contributed by atoms with E-state index in [4.69, 9.17) is 5.11 Å². The first-order valence-electron chi connectivity index (χ1n) is 4.48. The van der Waals surface area contributed by atoms with Gasteiger partial charge in [0.2, 0.25) is 0 Å². The SMILES string of the molecule is C[C@H](NCCO)c1ccc(F)cc1O. The van der Waals surface area contributed by atoms with Gasteiger partial charge in [-0.3, -0.25) is 0 Å². The van der Waals surface area contributed by atoms with Gasteiger partial charge in [0, 0.05) is 24.2 Å². The van der Waals surface area contributed by atoms with Gasteiger partial charge in [0.1, 0.15) is 11.6 Å². The van der Waals surface area contributed by atoms with Crippen LogP contribution in [-0.2, 0) is 0 Å². The number of rotatable bonds is 4. The number of halogens is 1. The molecule has 0 aromatic heterocycles. The Labute approximate surface area is 82.2 Å². The molecule has 1 aromatic rings. The molecule has 1 rings (SSSR count). The van der Waals surface area contributed by atoms with Gasteiger partial charge in [-0.25, -0.2) is 4.39 Å². The summed E-state index contributed by atoms with van der Waals surface area (Å²) in [5.41, 5.74) is 0.625. The van der Waals surface area contributed by atoms with Gasteiger partial charge in [0.25, 0.3) is 0 Å². The lowest BCUT2D eigenvalue weighted by molar-refractivity contribution is 0.285. The van der Waals surface area contributed by atoms with Crippen molar-refractivity contribution in [2.75, 3.05) is 13.2 Å². The number of nitrogens with one attached hydrogen (secondary N) is 1. The van der Waals surface area contributed by atoms with E-state index in [9.17, 15) is 9.50 Å². The summed E-state index contributed by atoms with van der Waals surface area (Å²) in [6, 6.07) is 3.79. The van der Waals surface area contributed by atoms with Crippen LogP contribution in [0.4, 0.5) is 4.39 Å². The Hall–Kier alpha value is -1.13. The maximum Gasteiger partial charge on any atom is 0.126 e. The van der Waals surface area contributed by atoms with Crippen LogP contribution in [0.15, 0.2) is 18.2 Å². The van der Waals surface area contributed by atoms with E-state index < -0.39 is 5.82 Å². The second kappa shape index (κ2) is 4.93. The van der Waals surface area contributed by atoms with Crippen LogP contribution in [0.25, 0.3) is 0 Å². The minimum absolute atomic E-state index is 0.0340. The third kappa shape index (κ3) is 2.68. The number of aliphatic hydroxyl groups excluding tert-OH is 1. The van der Waals surface area contributed by atoms with Crippen molar-refractivity contribution in [2.24, 2.45) is 0 Å². The van der Waals surface area contributed by atoms with Crippen molar-refractivity contribution in [1.29, 1.82) is 0 Å². The fourth-order valence-corrected chi connectivity index (χ4v) is 1.27. The van der Waals surface area contributed by atoms with Crippen LogP contribution in [0.1, 0.15) is 18.5 Å². The topological polar surface area (TPSA) is 52.5 Å². The molecule has 0 amide bonds. The number of phenolic OH excluding ortho intramolecular Hbond substituents is 1. The summed E-state index contributed by atoms with van der Waals surface area (Å²) in [6.07, 6.45) is 0. The van der Waals surface area contributed by atoms with E-state index in [-0.39, 0.29) is 18.4 Å². The lowest BCUT2D eigenvalue weighted by Gasteiger charge is -2.14. The van der Waals surface area contributed by atoms with Crippen molar-refractivity contribution in [3.05, 3.63) is 29.6 Å². The zero-order chi connectivity index (χ0) is 10.6. The zero-order valence-electron chi connectivity index (χ0n) is 8.00. The Morgan fingerprint density at radius 2 is 2.21 bits per heavy atom. The quantitative estimate of drug-likeness (QED) is 0.682. The van der Waals surface area contributed by atoms with Crippen LogP contribution in [-0.4, -0.2) is 23.4 Å². The Balaban J connectivity index is 2.74. The molecule has 3 nitrogen and oxygen atoms in total.